The predicted octanol–water partition coefficient (Wildman–Crippen LogP) is 10.4. The molecule has 0 aromatic heterocycles. The quantitative estimate of drug-likeness (QED) is 0.0369. The molecule has 0 amide bonds. The van der Waals surface area contributed by atoms with Crippen molar-refractivity contribution >= 4 is 86.0 Å². The third-order valence-electron chi connectivity index (χ3n) is 12.8. The number of benzene rings is 11. The van der Waals surface area contributed by atoms with Gasteiger partial charge in [0.25, 0.3) is 0 Å². The van der Waals surface area contributed by atoms with E-state index in [1.807, 2.05) is 0 Å². The number of alkyl halides is 5. The van der Waals surface area contributed by atoms with E-state index in [0.29, 0.717) is 0 Å². The zero-order chi connectivity index (χ0) is 65.4. The summed E-state index contributed by atoms with van der Waals surface area (Å²) in [5, 5.41) is 14.4. The van der Waals surface area contributed by atoms with Crippen molar-refractivity contribution in [2.24, 2.45) is 0 Å². The van der Waals surface area contributed by atoms with E-state index in [-0.39, 0.29) is 109 Å². The Hall–Kier alpha value is -4.62. The molecule has 1 saturated carbocycles. The van der Waals surface area contributed by atoms with Crippen molar-refractivity contribution in [1.82, 2.24) is 0 Å². The van der Waals surface area contributed by atoms with Crippen molar-refractivity contribution in [1.29, 1.82) is 0 Å². The van der Waals surface area contributed by atoms with Crippen LogP contribution in [0.3, 0.4) is 0 Å². The second kappa shape index (κ2) is 47.4. The monoisotopic (exact) mass is 2030 g/mol. The average Bonchev–Trinajstić information content (AvgIpc) is 1.36. The van der Waals surface area contributed by atoms with Gasteiger partial charge in [0.1, 0.15) is 44.2 Å². The molecule has 23 heteroatoms. The second-order valence-electron chi connectivity index (χ2n) is 19.4. The first-order valence-corrected chi connectivity index (χ1v) is 34.5. The van der Waals surface area contributed by atoms with Gasteiger partial charge in [0.15, 0.2) is 6.17 Å². The molecular weight excluding hydrogens is 1970 g/mol. The van der Waals surface area contributed by atoms with Crippen molar-refractivity contribution in [2.75, 3.05) is 0 Å². The first-order valence-electron chi connectivity index (χ1n) is 27.9. The van der Waals surface area contributed by atoms with Crippen LogP contribution in [0, 0.1) is 51.8 Å². The van der Waals surface area contributed by atoms with E-state index in [1.54, 1.807) is 0 Å². The molecular formula is C72H63AgClF10O4P4Pt3+2. The molecule has 0 saturated heterocycles. The van der Waals surface area contributed by atoms with Gasteiger partial charge in [-0.25, -0.2) is 26.3 Å². The zero-order valence-corrected chi connectivity index (χ0v) is 62.9. The van der Waals surface area contributed by atoms with E-state index >= 15 is 0 Å². The molecule has 1 fully saturated rings. The zero-order valence-electron chi connectivity index (χ0n) is 49.6. The van der Waals surface area contributed by atoms with Crippen LogP contribution < -0.4 is 67.0 Å². The second-order valence-corrected chi connectivity index (χ2v) is 28.4. The number of hydrogen-bond acceptors (Lipinski definition) is 4. The molecule has 1 radical (unpaired) electrons. The molecule has 4 atom stereocenters. The molecule has 0 aliphatic heterocycles. The van der Waals surface area contributed by atoms with E-state index in [4.69, 9.17) is 18.6 Å². The summed E-state index contributed by atoms with van der Waals surface area (Å²) in [7, 11) is -5.91. The fourth-order valence-corrected chi connectivity index (χ4v) is 16.2. The van der Waals surface area contributed by atoms with E-state index in [0.717, 1.165) is 6.07 Å². The van der Waals surface area contributed by atoms with Gasteiger partial charge in [-0.2, -0.15) is 14.0 Å². The van der Waals surface area contributed by atoms with E-state index in [2.05, 4.69) is 303 Å². The Kier molecular flexibility index (Phi) is 43.1. The van der Waals surface area contributed by atoms with Gasteiger partial charge in [-0.3, -0.25) is 24.0 Å². The predicted molar refractivity (Wildman–Crippen MR) is 353 cm³/mol. The summed E-state index contributed by atoms with van der Waals surface area (Å²) in [6, 6.07) is 109. The third kappa shape index (κ3) is 31.4. The van der Waals surface area contributed by atoms with Crippen molar-refractivity contribution < 1.29 is 158 Å². The Labute approximate surface area is 614 Å². The molecule has 1 aliphatic rings. The Morgan fingerprint density at radius 2 is 0.484 bits per heavy atom. The first kappa shape index (κ1) is 86.5. The molecule has 11 aromatic carbocycles. The topological polar surface area (TPSA) is 89.4 Å². The molecule has 0 heterocycles. The maximum atomic E-state index is 12.2. The van der Waals surface area contributed by atoms with Crippen LogP contribution in [-0.2, 0) is 85.6 Å². The fourth-order valence-electron chi connectivity index (χ4n) is 8.62. The summed E-state index contributed by atoms with van der Waals surface area (Å²) in [6.07, 6.45) is -12.3. The molecule has 12 rings (SSSR count). The van der Waals surface area contributed by atoms with Crippen molar-refractivity contribution in [3.05, 3.63) is 345 Å². The van der Waals surface area contributed by atoms with Crippen molar-refractivity contribution in [2.45, 2.75) is 30.9 Å². The van der Waals surface area contributed by atoms with Gasteiger partial charge < -0.3 is 0 Å². The van der Waals surface area contributed by atoms with Gasteiger partial charge in [0.2, 0.25) is 0 Å². The van der Waals surface area contributed by atoms with Crippen LogP contribution in [-0.4, -0.2) is 35.5 Å². The Morgan fingerprint density at radius 1 is 0.316 bits per heavy atom. The summed E-state index contributed by atoms with van der Waals surface area (Å²) in [5.74, 6) is -10.0. The Bertz CT molecular complexity index is 3250. The molecule has 1 aliphatic carbocycles. The summed E-state index contributed by atoms with van der Waals surface area (Å²) >= 11 is 0. The Balaban J connectivity index is 0.000000384. The van der Waals surface area contributed by atoms with Crippen LogP contribution >= 0.6 is 33.0 Å². The van der Waals surface area contributed by atoms with Crippen LogP contribution in [0.5, 0.6) is 0 Å². The van der Waals surface area contributed by atoms with Gasteiger partial charge in [-0.1, -0.05) is 182 Å². The molecule has 4 unspecified atom stereocenters. The average molecular weight is 2030 g/mol. The van der Waals surface area contributed by atoms with Crippen LogP contribution in [0.25, 0.3) is 0 Å². The third-order valence-corrected chi connectivity index (χ3v) is 21.2. The summed E-state index contributed by atoms with van der Waals surface area (Å²) < 4.78 is 154. The summed E-state index contributed by atoms with van der Waals surface area (Å²) in [5.41, 5.74) is 0. The molecule has 0 spiro atoms. The number of hydrogen-bond donors (Lipinski definition) is 1. The molecule has 95 heavy (non-hydrogen) atoms. The smallest absolute Gasteiger partial charge is 0.162 e. The van der Waals surface area contributed by atoms with Crippen LogP contribution in [0.15, 0.2) is 303 Å². The molecule has 1 N–H and O–H groups in total. The SMILES string of the molecule is FC1[CH-]C(F)C(F)C(F)C1F.Fc1[c-]c(F)c(F)c(F)c1F.[Ag].[O-][Cl+3]([O-])([O-])O.[Pt].[Pt].[Pt].c1ccc([PH+](c2ccccc2)c2ccccc2)cc1.c1ccc([PH+](c2ccccc2)c2ccccc2)cc1.c1ccc([PH2+]c2ccccc2)cc1.c1ccc([PH2+]c2ccccc2)cc1. The minimum absolute atomic E-state index is 0. The molecule has 11 aromatic rings. The van der Waals surface area contributed by atoms with Crippen LogP contribution in [0.2, 0.25) is 0 Å². The maximum absolute atomic E-state index is 12.2. The minimum atomic E-state index is -4.69. The number of rotatable bonds is 10. The standard InChI is InChI=1S/2C18H15P.2C12H11P.C6H6F5.C6F5.Ag.ClHO4.3Pt/c2*1-4-10-16(11-5-1)19(17-12-6-2-7-13-17)18-14-8-3-9-15-18;2*1-3-7-11(8-4-1)13-12-9-5-2-6-10-12;2*7-2-1-3(8)5(10)6(11)4(2)9;;2-1(3,4)5;;;/h2*1-15H;2*1-10,13H;1-6H;;;(H,2,3,4,5);;;/q;;;;2*-1;;;;;/p+4. The van der Waals surface area contributed by atoms with Crippen molar-refractivity contribution in [3.8, 4) is 0 Å². The maximum Gasteiger partial charge on any atom is 0.162 e. The van der Waals surface area contributed by atoms with E-state index < -0.39 is 86.0 Å². The minimum Gasteiger partial charge on any atom is -0.280 e. The van der Waals surface area contributed by atoms with E-state index in [9.17, 15) is 43.9 Å². The molecule has 511 valence electrons. The largest absolute Gasteiger partial charge is 0.280 e. The molecule has 4 nitrogen and oxygen atoms in total. The van der Waals surface area contributed by atoms with Crippen molar-refractivity contribution in [3.63, 3.8) is 0 Å². The normalized spacial score (nSPS) is 14.8. The van der Waals surface area contributed by atoms with Gasteiger partial charge in [-0.05, 0) is 121 Å². The van der Waals surface area contributed by atoms with Crippen LogP contribution in [0.4, 0.5) is 43.9 Å². The van der Waals surface area contributed by atoms with Gasteiger partial charge in [-0.15, -0.1) is 6.07 Å². The summed E-state index contributed by atoms with van der Waals surface area (Å²) in [4.78, 5) is 0. The van der Waals surface area contributed by atoms with Crippen LogP contribution in [0.1, 0.15) is 0 Å². The van der Waals surface area contributed by atoms with Gasteiger partial charge in [0, 0.05) is 97.9 Å². The van der Waals surface area contributed by atoms with Gasteiger partial charge in [0.05, 0.1) is 98.2 Å². The first-order chi connectivity index (χ1) is 43.9. The fraction of sp³-hybridized carbons (Fsp3) is 0.0694. The van der Waals surface area contributed by atoms with E-state index in [1.165, 1.54) is 53.0 Å². The van der Waals surface area contributed by atoms with Gasteiger partial charge >= 0.3 is 0 Å². The number of halogens is 11. The Morgan fingerprint density at radius 3 is 0.663 bits per heavy atom. The molecule has 0 bridgehead atoms. The summed E-state index contributed by atoms with van der Waals surface area (Å²) in [6.45, 7) is 0.